The SMILES string of the molecule is OC(c1ccc2c(c1)CCC2)C1CCOCC1. The molecule has 1 aliphatic carbocycles. The average molecular weight is 232 g/mol. The Morgan fingerprint density at radius 1 is 1.12 bits per heavy atom. The van der Waals surface area contributed by atoms with Crippen LogP contribution >= 0.6 is 0 Å². The summed E-state index contributed by atoms with van der Waals surface area (Å²) in [4.78, 5) is 0. The number of fused-ring (bicyclic) bond motifs is 1. The van der Waals surface area contributed by atoms with Crippen LogP contribution in [-0.4, -0.2) is 18.3 Å². The molecule has 1 unspecified atom stereocenters. The highest BCUT2D eigenvalue weighted by molar-refractivity contribution is 5.36. The Morgan fingerprint density at radius 2 is 1.88 bits per heavy atom. The van der Waals surface area contributed by atoms with Crippen LogP contribution in [0.4, 0.5) is 0 Å². The fourth-order valence-electron chi connectivity index (χ4n) is 3.08. The highest BCUT2D eigenvalue weighted by atomic mass is 16.5. The van der Waals surface area contributed by atoms with E-state index in [2.05, 4.69) is 18.2 Å². The van der Waals surface area contributed by atoms with E-state index in [1.165, 1.54) is 30.4 Å². The zero-order valence-corrected chi connectivity index (χ0v) is 10.2. The molecule has 1 N–H and O–H groups in total. The number of ether oxygens (including phenoxy) is 1. The van der Waals surface area contributed by atoms with E-state index in [0.717, 1.165) is 31.6 Å². The molecule has 0 amide bonds. The third kappa shape index (κ3) is 2.24. The van der Waals surface area contributed by atoms with E-state index in [4.69, 9.17) is 4.74 Å². The van der Waals surface area contributed by atoms with Crippen molar-refractivity contribution in [3.05, 3.63) is 34.9 Å². The van der Waals surface area contributed by atoms with Crippen LogP contribution in [0.25, 0.3) is 0 Å². The third-order valence-corrected chi connectivity index (χ3v) is 4.18. The maximum Gasteiger partial charge on any atom is 0.0820 e. The van der Waals surface area contributed by atoms with E-state index in [0.29, 0.717) is 5.92 Å². The lowest BCUT2D eigenvalue weighted by atomic mass is 9.88. The Bertz CT molecular complexity index is 394. The summed E-state index contributed by atoms with van der Waals surface area (Å²) in [5, 5.41) is 10.4. The minimum Gasteiger partial charge on any atom is -0.388 e. The molecule has 0 spiro atoms. The van der Waals surface area contributed by atoms with Gasteiger partial charge in [0.1, 0.15) is 0 Å². The molecule has 1 heterocycles. The number of hydrogen-bond acceptors (Lipinski definition) is 2. The van der Waals surface area contributed by atoms with E-state index in [1.54, 1.807) is 0 Å². The van der Waals surface area contributed by atoms with E-state index in [9.17, 15) is 5.11 Å². The fourth-order valence-corrected chi connectivity index (χ4v) is 3.08. The molecule has 1 aromatic carbocycles. The highest BCUT2D eigenvalue weighted by Crippen LogP contribution is 2.32. The van der Waals surface area contributed by atoms with Crippen LogP contribution < -0.4 is 0 Å². The first kappa shape index (κ1) is 11.2. The average Bonchev–Trinajstić information content (AvgIpc) is 2.86. The van der Waals surface area contributed by atoms with Gasteiger partial charge in [-0.05, 0) is 54.7 Å². The molecule has 0 radical (unpaired) electrons. The lowest BCUT2D eigenvalue weighted by molar-refractivity contribution is 0.00716. The van der Waals surface area contributed by atoms with E-state index >= 15 is 0 Å². The molecule has 2 heteroatoms. The van der Waals surface area contributed by atoms with E-state index in [1.807, 2.05) is 0 Å². The molecule has 3 rings (SSSR count). The first-order valence-corrected chi connectivity index (χ1v) is 6.72. The highest BCUT2D eigenvalue weighted by Gasteiger charge is 2.24. The second-order valence-electron chi connectivity index (χ2n) is 5.28. The quantitative estimate of drug-likeness (QED) is 0.849. The van der Waals surface area contributed by atoms with Crippen LogP contribution in [0, 0.1) is 5.92 Å². The van der Waals surface area contributed by atoms with Crippen LogP contribution in [0.1, 0.15) is 42.1 Å². The first-order valence-electron chi connectivity index (χ1n) is 6.72. The summed E-state index contributed by atoms with van der Waals surface area (Å²) in [7, 11) is 0. The minimum absolute atomic E-state index is 0.301. The van der Waals surface area contributed by atoms with Crippen molar-refractivity contribution < 1.29 is 9.84 Å². The normalized spacial score (nSPS) is 22.4. The second kappa shape index (κ2) is 4.79. The van der Waals surface area contributed by atoms with Gasteiger partial charge in [0.15, 0.2) is 0 Å². The maximum absolute atomic E-state index is 10.4. The summed E-state index contributed by atoms with van der Waals surface area (Å²) >= 11 is 0. The molecule has 92 valence electrons. The van der Waals surface area contributed by atoms with Gasteiger partial charge in [-0.1, -0.05) is 18.2 Å². The summed E-state index contributed by atoms with van der Waals surface area (Å²) in [5.74, 6) is 0.378. The van der Waals surface area contributed by atoms with Gasteiger partial charge in [-0.2, -0.15) is 0 Å². The molecule has 1 fully saturated rings. The zero-order chi connectivity index (χ0) is 11.7. The molecule has 1 aliphatic heterocycles. The molecule has 2 aliphatic rings. The van der Waals surface area contributed by atoms with Crippen molar-refractivity contribution >= 4 is 0 Å². The molecule has 0 saturated carbocycles. The van der Waals surface area contributed by atoms with Gasteiger partial charge in [0.2, 0.25) is 0 Å². The molecule has 1 atom stereocenters. The number of rotatable bonds is 2. The van der Waals surface area contributed by atoms with Crippen LogP contribution in [-0.2, 0) is 17.6 Å². The third-order valence-electron chi connectivity index (χ3n) is 4.18. The summed E-state index contributed by atoms with van der Waals surface area (Å²) in [6.07, 6.45) is 5.33. The lowest BCUT2D eigenvalue weighted by Crippen LogP contribution is -2.22. The minimum atomic E-state index is -0.301. The second-order valence-corrected chi connectivity index (χ2v) is 5.28. The van der Waals surface area contributed by atoms with Gasteiger partial charge in [0.25, 0.3) is 0 Å². The number of benzene rings is 1. The molecule has 1 saturated heterocycles. The lowest BCUT2D eigenvalue weighted by Gasteiger charge is -2.27. The van der Waals surface area contributed by atoms with Crippen LogP contribution in [0.15, 0.2) is 18.2 Å². The van der Waals surface area contributed by atoms with Gasteiger partial charge in [-0.15, -0.1) is 0 Å². The number of aryl methyl sites for hydroxylation is 2. The molecule has 2 nitrogen and oxygen atoms in total. The predicted molar refractivity (Wildman–Crippen MR) is 67.0 cm³/mol. The Balaban J connectivity index is 1.78. The van der Waals surface area contributed by atoms with Crippen LogP contribution in [0.5, 0.6) is 0 Å². The van der Waals surface area contributed by atoms with Crippen molar-refractivity contribution in [2.24, 2.45) is 5.92 Å². The first-order chi connectivity index (χ1) is 8.34. The largest absolute Gasteiger partial charge is 0.388 e. The smallest absolute Gasteiger partial charge is 0.0820 e. The number of hydrogen-bond donors (Lipinski definition) is 1. The topological polar surface area (TPSA) is 29.5 Å². The van der Waals surface area contributed by atoms with E-state index in [-0.39, 0.29) is 6.10 Å². The summed E-state index contributed by atoms with van der Waals surface area (Å²) < 4.78 is 5.35. The van der Waals surface area contributed by atoms with Gasteiger partial charge in [0, 0.05) is 13.2 Å². The van der Waals surface area contributed by atoms with E-state index < -0.39 is 0 Å². The van der Waals surface area contributed by atoms with Crippen molar-refractivity contribution in [2.45, 2.75) is 38.2 Å². The Hall–Kier alpha value is -0.860. The fraction of sp³-hybridized carbons (Fsp3) is 0.600. The maximum atomic E-state index is 10.4. The molecule has 0 aromatic heterocycles. The summed E-state index contributed by atoms with van der Waals surface area (Å²) in [6, 6.07) is 6.55. The number of aliphatic hydroxyl groups excluding tert-OH is 1. The van der Waals surface area contributed by atoms with Gasteiger partial charge in [-0.3, -0.25) is 0 Å². The number of aliphatic hydroxyl groups is 1. The Morgan fingerprint density at radius 3 is 2.71 bits per heavy atom. The van der Waals surface area contributed by atoms with Crippen molar-refractivity contribution in [1.29, 1.82) is 0 Å². The van der Waals surface area contributed by atoms with Crippen LogP contribution in [0.2, 0.25) is 0 Å². The Labute approximate surface area is 103 Å². The standard InChI is InChI=1S/C15H20O2/c16-15(12-6-8-17-9-7-12)14-5-4-11-2-1-3-13(11)10-14/h4-5,10,12,15-16H,1-3,6-9H2. The van der Waals surface area contributed by atoms with Crippen LogP contribution in [0.3, 0.4) is 0 Å². The van der Waals surface area contributed by atoms with Gasteiger partial charge in [0.05, 0.1) is 6.10 Å². The summed E-state index contributed by atoms with van der Waals surface area (Å²) in [5.41, 5.74) is 4.04. The van der Waals surface area contributed by atoms with Crippen molar-refractivity contribution in [3.63, 3.8) is 0 Å². The Kier molecular flexibility index (Phi) is 3.17. The van der Waals surface area contributed by atoms with Gasteiger partial charge >= 0.3 is 0 Å². The molecular formula is C15H20O2. The van der Waals surface area contributed by atoms with Gasteiger partial charge in [-0.25, -0.2) is 0 Å². The molecule has 1 aromatic rings. The van der Waals surface area contributed by atoms with Crippen molar-refractivity contribution in [3.8, 4) is 0 Å². The van der Waals surface area contributed by atoms with Gasteiger partial charge < -0.3 is 9.84 Å². The van der Waals surface area contributed by atoms with Crippen molar-refractivity contribution in [1.82, 2.24) is 0 Å². The summed E-state index contributed by atoms with van der Waals surface area (Å²) in [6.45, 7) is 1.60. The molecular weight excluding hydrogens is 212 g/mol. The monoisotopic (exact) mass is 232 g/mol. The van der Waals surface area contributed by atoms with Crippen molar-refractivity contribution in [2.75, 3.05) is 13.2 Å². The predicted octanol–water partition coefficient (Wildman–Crippen LogP) is 2.64. The zero-order valence-electron chi connectivity index (χ0n) is 10.2. The molecule has 17 heavy (non-hydrogen) atoms. The molecule has 0 bridgehead atoms.